The third-order valence-corrected chi connectivity index (χ3v) is 8.03. The van der Waals surface area contributed by atoms with E-state index in [1.807, 2.05) is 44.2 Å². The molecule has 5 nitrogen and oxygen atoms in total. The monoisotopic (exact) mass is 422 g/mol. The second-order valence-corrected chi connectivity index (χ2v) is 10.0. The lowest BCUT2D eigenvalue weighted by atomic mass is 9.65. The summed E-state index contributed by atoms with van der Waals surface area (Å²) in [6.07, 6.45) is 1.08. The Balaban J connectivity index is 1.51. The Kier molecular flexibility index (Phi) is 4.93. The van der Waals surface area contributed by atoms with Gasteiger partial charge in [-0.2, -0.15) is 0 Å². The highest BCUT2D eigenvalue weighted by Crippen LogP contribution is 2.56. The van der Waals surface area contributed by atoms with Crippen LogP contribution in [0.15, 0.2) is 42.5 Å². The zero-order valence-corrected chi connectivity index (χ0v) is 18.5. The molecule has 0 radical (unpaired) electrons. The van der Waals surface area contributed by atoms with Crippen LogP contribution in [0.1, 0.15) is 39.2 Å². The van der Waals surface area contributed by atoms with Gasteiger partial charge in [-0.3, -0.25) is 9.59 Å². The number of nitrogens with zero attached hydrogens (tertiary/aromatic N) is 1. The number of thiazole rings is 1. The number of aromatic nitrogens is 1. The number of carbonyl (C=O) groups excluding carboxylic acids is 1. The first-order valence-electron chi connectivity index (χ1n) is 10.1. The van der Waals surface area contributed by atoms with Gasteiger partial charge in [-0.05, 0) is 74.1 Å². The summed E-state index contributed by atoms with van der Waals surface area (Å²) in [6, 6.07) is 13.9. The van der Waals surface area contributed by atoms with Crippen LogP contribution >= 0.6 is 11.3 Å². The molecule has 1 amide bonds. The number of anilines is 1. The summed E-state index contributed by atoms with van der Waals surface area (Å²) in [5, 5.41) is 13.6. The highest BCUT2D eigenvalue weighted by molar-refractivity contribution is 7.21. The second kappa shape index (κ2) is 7.20. The van der Waals surface area contributed by atoms with E-state index in [1.165, 1.54) is 5.56 Å². The Hall–Kier alpha value is -2.73. The Morgan fingerprint density at radius 3 is 2.47 bits per heavy atom. The average Bonchev–Trinajstić information content (AvgIpc) is 3.21. The molecular formula is C24H26N2O3S. The second-order valence-electron chi connectivity index (χ2n) is 9.01. The van der Waals surface area contributed by atoms with Crippen molar-refractivity contribution >= 4 is 39.1 Å². The number of carbonyl (C=O) groups is 2. The van der Waals surface area contributed by atoms with Crippen molar-refractivity contribution in [2.45, 2.75) is 40.5 Å². The molecule has 1 heterocycles. The third kappa shape index (κ3) is 3.29. The fourth-order valence-electron chi connectivity index (χ4n) is 4.42. The molecule has 0 aliphatic heterocycles. The molecule has 2 atom stereocenters. The summed E-state index contributed by atoms with van der Waals surface area (Å²) < 4.78 is 1.16. The SMILES string of the molecule is Cc1ccc2nc(-c3ccc(NC(=O)[C@@H]4CC[C@@](C)(C(=O)O)C4(C)C)cc3)sc2c1. The lowest BCUT2D eigenvalue weighted by molar-refractivity contribution is -0.154. The molecule has 3 aromatic rings. The van der Waals surface area contributed by atoms with Gasteiger partial charge in [-0.15, -0.1) is 11.3 Å². The predicted molar refractivity (Wildman–Crippen MR) is 121 cm³/mol. The first-order chi connectivity index (χ1) is 14.1. The molecule has 1 aromatic heterocycles. The lowest BCUT2D eigenvalue weighted by Crippen LogP contribution is -2.43. The van der Waals surface area contributed by atoms with Gasteiger partial charge in [0.15, 0.2) is 0 Å². The smallest absolute Gasteiger partial charge is 0.309 e. The molecule has 1 fully saturated rings. The fourth-order valence-corrected chi connectivity index (χ4v) is 5.49. The van der Waals surface area contributed by atoms with Gasteiger partial charge in [0.1, 0.15) is 5.01 Å². The van der Waals surface area contributed by atoms with Crippen LogP contribution in [-0.4, -0.2) is 22.0 Å². The summed E-state index contributed by atoms with van der Waals surface area (Å²) in [6.45, 7) is 7.59. The van der Waals surface area contributed by atoms with Crippen LogP contribution in [0.2, 0.25) is 0 Å². The highest BCUT2D eigenvalue weighted by atomic mass is 32.1. The number of hydrogen-bond donors (Lipinski definition) is 2. The van der Waals surface area contributed by atoms with E-state index < -0.39 is 16.8 Å². The van der Waals surface area contributed by atoms with Crippen LogP contribution in [0.5, 0.6) is 0 Å². The highest BCUT2D eigenvalue weighted by Gasteiger charge is 2.58. The van der Waals surface area contributed by atoms with Crippen molar-refractivity contribution in [1.82, 2.24) is 4.98 Å². The summed E-state index contributed by atoms with van der Waals surface area (Å²) in [4.78, 5) is 29.4. The van der Waals surface area contributed by atoms with E-state index in [9.17, 15) is 14.7 Å². The maximum absolute atomic E-state index is 12.9. The molecule has 4 rings (SSSR count). The molecule has 0 unspecified atom stereocenters. The van der Waals surface area contributed by atoms with Gasteiger partial charge in [0, 0.05) is 17.2 Å². The Morgan fingerprint density at radius 2 is 1.83 bits per heavy atom. The molecule has 2 aromatic carbocycles. The minimum Gasteiger partial charge on any atom is -0.481 e. The number of carboxylic acid groups (broad SMARTS) is 1. The molecular weight excluding hydrogens is 396 g/mol. The lowest BCUT2D eigenvalue weighted by Gasteiger charge is -2.37. The Morgan fingerprint density at radius 1 is 1.13 bits per heavy atom. The maximum Gasteiger partial charge on any atom is 0.309 e. The first-order valence-corrected chi connectivity index (χ1v) is 11.0. The van der Waals surface area contributed by atoms with E-state index in [0.717, 1.165) is 20.8 Å². The first kappa shape index (κ1) is 20.5. The maximum atomic E-state index is 12.9. The Labute approximate surface area is 180 Å². The van der Waals surface area contributed by atoms with Crippen LogP contribution in [0.3, 0.4) is 0 Å². The Bertz CT molecular complexity index is 1130. The number of fused-ring (bicyclic) bond motifs is 1. The van der Waals surface area contributed by atoms with Crippen molar-refractivity contribution in [2.75, 3.05) is 5.32 Å². The van der Waals surface area contributed by atoms with Crippen LogP contribution in [0, 0.1) is 23.7 Å². The number of amides is 1. The van der Waals surface area contributed by atoms with Gasteiger partial charge >= 0.3 is 5.97 Å². The quantitative estimate of drug-likeness (QED) is 0.562. The van der Waals surface area contributed by atoms with Crippen molar-refractivity contribution in [3.05, 3.63) is 48.0 Å². The molecule has 1 saturated carbocycles. The van der Waals surface area contributed by atoms with Crippen molar-refractivity contribution in [3.8, 4) is 10.6 Å². The summed E-state index contributed by atoms with van der Waals surface area (Å²) in [7, 11) is 0. The van der Waals surface area contributed by atoms with Gasteiger partial charge in [-0.1, -0.05) is 19.9 Å². The summed E-state index contributed by atoms with van der Waals surface area (Å²) in [5.74, 6) is -1.29. The van der Waals surface area contributed by atoms with Crippen LogP contribution in [0.4, 0.5) is 5.69 Å². The number of benzene rings is 2. The number of nitrogens with one attached hydrogen (secondary N) is 1. The largest absolute Gasteiger partial charge is 0.481 e. The van der Waals surface area contributed by atoms with E-state index in [4.69, 9.17) is 4.98 Å². The van der Waals surface area contributed by atoms with Gasteiger partial charge < -0.3 is 10.4 Å². The van der Waals surface area contributed by atoms with Gasteiger partial charge in [-0.25, -0.2) is 4.98 Å². The molecule has 156 valence electrons. The minimum absolute atomic E-state index is 0.117. The normalized spacial score (nSPS) is 22.9. The molecule has 1 aliphatic rings. The molecule has 6 heteroatoms. The fraction of sp³-hybridized carbons (Fsp3) is 0.375. The predicted octanol–water partition coefficient (Wildman–Crippen LogP) is 5.74. The van der Waals surface area contributed by atoms with Crippen molar-refractivity contribution in [2.24, 2.45) is 16.7 Å². The van der Waals surface area contributed by atoms with Crippen molar-refractivity contribution < 1.29 is 14.7 Å². The molecule has 0 bridgehead atoms. The molecule has 1 aliphatic carbocycles. The number of hydrogen-bond acceptors (Lipinski definition) is 4. The summed E-state index contributed by atoms with van der Waals surface area (Å²) in [5.41, 5.74) is 2.39. The van der Waals surface area contributed by atoms with E-state index in [1.54, 1.807) is 18.3 Å². The van der Waals surface area contributed by atoms with Gasteiger partial charge in [0.2, 0.25) is 5.91 Å². The number of aliphatic carboxylic acids is 1. The van der Waals surface area contributed by atoms with Crippen LogP contribution < -0.4 is 5.32 Å². The minimum atomic E-state index is -0.899. The number of aryl methyl sites for hydroxylation is 1. The molecule has 30 heavy (non-hydrogen) atoms. The van der Waals surface area contributed by atoms with Crippen molar-refractivity contribution in [1.29, 1.82) is 0 Å². The zero-order chi connectivity index (χ0) is 21.7. The summed E-state index contributed by atoms with van der Waals surface area (Å²) >= 11 is 1.65. The van der Waals surface area contributed by atoms with E-state index in [-0.39, 0.29) is 11.8 Å². The number of rotatable bonds is 4. The average molecular weight is 423 g/mol. The van der Waals surface area contributed by atoms with E-state index >= 15 is 0 Å². The number of carboxylic acids is 1. The van der Waals surface area contributed by atoms with Crippen molar-refractivity contribution in [3.63, 3.8) is 0 Å². The molecule has 0 saturated heterocycles. The van der Waals surface area contributed by atoms with Crippen LogP contribution in [0.25, 0.3) is 20.8 Å². The molecule has 0 spiro atoms. The van der Waals surface area contributed by atoms with E-state index in [0.29, 0.717) is 18.5 Å². The van der Waals surface area contributed by atoms with Gasteiger partial charge in [0.05, 0.1) is 15.6 Å². The topological polar surface area (TPSA) is 79.3 Å². The van der Waals surface area contributed by atoms with E-state index in [2.05, 4.69) is 24.4 Å². The van der Waals surface area contributed by atoms with Crippen LogP contribution in [-0.2, 0) is 9.59 Å². The molecule has 2 N–H and O–H groups in total. The van der Waals surface area contributed by atoms with Gasteiger partial charge in [0.25, 0.3) is 0 Å². The standard InChI is InChI=1S/C24H26N2O3S/c1-14-5-10-18-19(13-14)30-21(26-18)15-6-8-16(9-7-15)25-20(27)17-11-12-24(4,22(28)29)23(17,2)3/h5-10,13,17H,11-12H2,1-4H3,(H,25,27)(H,28,29)/t17-,24-/m0/s1. The zero-order valence-electron chi connectivity index (χ0n) is 17.7. The third-order valence-electron chi connectivity index (χ3n) is 6.96.